The van der Waals surface area contributed by atoms with E-state index in [-0.39, 0.29) is 17.3 Å². The molecule has 1 aliphatic rings. The van der Waals surface area contributed by atoms with Gasteiger partial charge in [-0.1, -0.05) is 6.92 Å². The molecule has 0 bridgehead atoms. The summed E-state index contributed by atoms with van der Waals surface area (Å²) in [7, 11) is 0. The molecule has 0 amide bonds. The molecule has 2 aromatic heterocycles. The van der Waals surface area contributed by atoms with E-state index in [1.807, 2.05) is 6.07 Å². The topological polar surface area (TPSA) is 75.3 Å². The molecule has 1 fully saturated rings. The zero-order valence-corrected chi connectivity index (χ0v) is 18.4. The summed E-state index contributed by atoms with van der Waals surface area (Å²) in [5.41, 5.74) is 7.95. The van der Waals surface area contributed by atoms with Crippen LogP contribution in [0.25, 0.3) is 11.3 Å². The Morgan fingerprint density at radius 3 is 2.52 bits per heavy atom. The lowest BCUT2D eigenvalue weighted by Crippen LogP contribution is -2.46. The second-order valence-electron chi connectivity index (χ2n) is 8.74. The average molecular weight is 457 g/mol. The Morgan fingerprint density at radius 1 is 1.06 bits per heavy atom. The number of aryl methyl sites for hydroxylation is 2. The minimum Gasteiger partial charge on any atom is -0.392 e. The van der Waals surface area contributed by atoms with Crippen molar-refractivity contribution in [1.29, 1.82) is 0 Å². The number of hydrogen-bond acceptors (Lipinski definition) is 5. The van der Waals surface area contributed by atoms with Gasteiger partial charge in [-0.2, -0.15) is 0 Å². The first-order valence-corrected chi connectivity index (χ1v) is 11.0. The van der Waals surface area contributed by atoms with E-state index in [1.54, 1.807) is 12.4 Å². The van der Waals surface area contributed by atoms with Gasteiger partial charge in [-0.15, -0.1) is 0 Å². The minimum atomic E-state index is -0.965. The van der Waals surface area contributed by atoms with Crippen molar-refractivity contribution in [3.63, 3.8) is 0 Å². The van der Waals surface area contributed by atoms with Crippen LogP contribution < -0.4 is 10.6 Å². The van der Waals surface area contributed by atoms with E-state index < -0.39 is 29.6 Å². The molecule has 1 aliphatic heterocycles. The van der Waals surface area contributed by atoms with Gasteiger partial charge < -0.3 is 15.7 Å². The maximum atomic E-state index is 14.5. The highest BCUT2D eigenvalue weighted by Gasteiger charge is 2.24. The summed E-state index contributed by atoms with van der Waals surface area (Å²) in [5, 5.41) is 9.13. The first-order valence-electron chi connectivity index (χ1n) is 11.0. The third-order valence-corrected chi connectivity index (χ3v) is 5.99. The van der Waals surface area contributed by atoms with Crippen molar-refractivity contribution in [3.05, 3.63) is 77.0 Å². The number of nitrogens with zero attached hydrogens (tertiary/aromatic N) is 3. The fourth-order valence-corrected chi connectivity index (χ4v) is 4.52. The summed E-state index contributed by atoms with van der Waals surface area (Å²) in [6.07, 6.45) is 5.57. The molecule has 0 radical (unpaired) electrons. The van der Waals surface area contributed by atoms with Gasteiger partial charge >= 0.3 is 0 Å². The van der Waals surface area contributed by atoms with Crippen molar-refractivity contribution < 1.29 is 18.3 Å². The molecule has 3 N–H and O–H groups in total. The number of pyridine rings is 2. The quantitative estimate of drug-likeness (QED) is 0.586. The van der Waals surface area contributed by atoms with Gasteiger partial charge in [-0.05, 0) is 66.6 Å². The normalized spacial score (nSPS) is 18.5. The Hall–Kier alpha value is -2.97. The van der Waals surface area contributed by atoms with Crippen molar-refractivity contribution in [1.82, 2.24) is 9.97 Å². The number of aromatic nitrogens is 2. The van der Waals surface area contributed by atoms with Crippen molar-refractivity contribution in [2.45, 2.75) is 38.8 Å². The van der Waals surface area contributed by atoms with Crippen LogP contribution in [0.5, 0.6) is 0 Å². The molecule has 5 nitrogen and oxygen atoms in total. The lowest BCUT2D eigenvalue weighted by molar-refractivity contribution is 0.280. The standard InChI is InChI=1S/C25H27F3N4O/c1-15-8-18(29)13-32(12-15)23-6-7-30-11-17(23)2-3-19-4-5-20(26)25(31-19)24-21(27)9-16(14-33)10-22(24)28/h4-7,9-11,15,18,33H,2-3,8,12-14,29H2,1H3/t15-,18+/m1/s1. The molecule has 2 atom stereocenters. The smallest absolute Gasteiger partial charge is 0.149 e. The monoisotopic (exact) mass is 456 g/mol. The molecule has 0 aliphatic carbocycles. The van der Waals surface area contributed by atoms with Gasteiger partial charge in [0.05, 0.1) is 12.2 Å². The van der Waals surface area contributed by atoms with Crippen LogP contribution in [0.3, 0.4) is 0 Å². The number of halogens is 3. The largest absolute Gasteiger partial charge is 0.392 e. The van der Waals surface area contributed by atoms with E-state index in [1.165, 1.54) is 12.1 Å². The fourth-order valence-electron chi connectivity index (χ4n) is 4.52. The highest BCUT2D eigenvalue weighted by atomic mass is 19.1. The molecule has 1 saturated heterocycles. The molecule has 0 spiro atoms. The van der Waals surface area contributed by atoms with Crippen LogP contribution in [0.4, 0.5) is 18.9 Å². The minimum absolute atomic E-state index is 0.0705. The highest BCUT2D eigenvalue weighted by molar-refractivity contribution is 5.62. The van der Waals surface area contributed by atoms with Gasteiger partial charge in [0.2, 0.25) is 0 Å². The van der Waals surface area contributed by atoms with Gasteiger partial charge in [-0.3, -0.25) is 4.98 Å². The second kappa shape index (κ2) is 9.89. The maximum absolute atomic E-state index is 14.5. The lowest BCUT2D eigenvalue weighted by atomic mass is 9.95. The van der Waals surface area contributed by atoms with Crippen LogP contribution in [-0.2, 0) is 19.4 Å². The van der Waals surface area contributed by atoms with E-state index in [0.29, 0.717) is 24.5 Å². The summed E-state index contributed by atoms with van der Waals surface area (Å²) in [6, 6.07) is 6.74. The Balaban J connectivity index is 1.58. The predicted molar refractivity (Wildman–Crippen MR) is 121 cm³/mol. The molecular weight excluding hydrogens is 429 g/mol. The van der Waals surface area contributed by atoms with Crippen LogP contribution in [-0.4, -0.2) is 34.2 Å². The third-order valence-electron chi connectivity index (χ3n) is 5.99. The van der Waals surface area contributed by atoms with Gasteiger partial charge in [0.25, 0.3) is 0 Å². The molecule has 1 aromatic carbocycles. The Kier molecular flexibility index (Phi) is 6.95. The van der Waals surface area contributed by atoms with Crippen molar-refractivity contribution in [3.8, 4) is 11.3 Å². The van der Waals surface area contributed by atoms with Crippen LogP contribution >= 0.6 is 0 Å². The van der Waals surface area contributed by atoms with Crippen LogP contribution in [0.2, 0.25) is 0 Å². The first kappa shape index (κ1) is 23.2. The van der Waals surface area contributed by atoms with Crippen LogP contribution in [0.15, 0.2) is 42.7 Å². The van der Waals surface area contributed by atoms with E-state index in [0.717, 1.165) is 42.9 Å². The number of aliphatic hydroxyl groups is 1. The van der Waals surface area contributed by atoms with Crippen LogP contribution in [0, 0.1) is 23.4 Å². The van der Waals surface area contributed by atoms with E-state index in [2.05, 4.69) is 21.8 Å². The van der Waals surface area contributed by atoms with Gasteiger partial charge in [0.15, 0.2) is 0 Å². The van der Waals surface area contributed by atoms with E-state index in [9.17, 15) is 13.2 Å². The SMILES string of the molecule is C[C@@H]1C[C@H](N)CN(c2ccncc2CCc2ccc(F)c(-c3c(F)cc(CO)cc3F)n2)C1. The fraction of sp³-hybridized carbons (Fsp3) is 0.360. The summed E-state index contributed by atoms with van der Waals surface area (Å²) in [5.74, 6) is -2.26. The van der Waals surface area contributed by atoms with Crippen molar-refractivity contribution in [2.75, 3.05) is 18.0 Å². The second-order valence-corrected chi connectivity index (χ2v) is 8.74. The summed E-state index contributed by atoms with van der Waals surface area (Å²) in [4.78, 5) is 10.8. The number of rotatable bonds is 6. The molecule has 0 unspecified atom stereocenters. The predicted octanol–water partition coefficient (Wildman–Crippen LogP) is 4.01. The molecule has 3 heterocycles. The molecule has 33 heavy (non-hydrogen) atoms. The van der Waals surface area contributed by atoms with Gasteiger partial charge in [-0.25, -0.2) is 18.2 Å². The lowest BCUT2D eigenvalue weighted by Gasteiger charge is -2.37. The number of nitrogens with two attached hydrogens (primary N) is 1. The molecule has 3 aromatic rings. The number of anilines is 1. The zero-order chi connectivity index (χ0) is 23.5. The highest BCUT2D eigenvalue weighted by Crippen LogP contribution is 2.30. The maximum Gasteiger partial charge on any atom is 0.149 e. The Labute approximate surface area is 191 Å². The summed E-state index contributed by atoms with van der Waals surface area (Å²) >= 11 is 0. The molecule has 8 heteroatoms. The molecule has 0 saturated carbocycles. The van der Waals surface area contributed by atoms with E-state index in [4.69, 9.17) is 10.8 Å². The van der Waals surface area contributed by atoms with Gasteiger partial charge in [0.1, 0.15) is 23.1 Å². The summed E-state index contributed by atoms with van der Waals surface area (Å²) < 4.78 is 43.4. The van der Waals surface area contributed by atoms with Crippen molar-refractivity contribution in [2.24, 2.45) is 11.7 Å². The number of hydrogen-bond donors (Lipinski definition) is 2. The summed E-state index contributed by atoms with van der Waals surface area (Å²) in [6.45, 7) is 3.34. The Morgan fingerprint density at radius 2 is 1.82 bits per heavy atom. The number of piperidine rings is 1. The molecule has 174 valence electrons. The van der Waals surface area contributed by atoms with Crippen LogP contribution in [0.1, 0.15) is 30.2 Å². The molecule has 4 rings (SSSR count). The number of benzene rings is 1. The van der Waals surface area contributed by atoms with Gasteiger partial charge in [0, 0.05) is 42.9 Å². The molecular formula is C25H27F3N4O. The van der Waals surface area contributed by atoms with Crippen molar-refractivity contribution >= 4 is 5.69 Å². The zero-order valence-electron chi connectivity index (χ0n) is 18.4. The third kappa shape index (κ3) is 5.17. The number of aliphatic hydroxyl groups excluding tert-OH is 1. The van der Waals surface area contributed by atoms with E-state index >= 15 is 0 Å². The first-order chi connectivity index (χ1) is 15.9. The Bertz CT molecular complexity index is 1110. The average Bonchev–Trinajstić information content (AvgIpc) is 2.78.